The zero-order valence-corrected chi connectivity index (χ0v) is 12.1. The van der Waals surface area contributed by atoms with Crippen LogP contribution < -0.4 is 0 Å². The van der Waals surface area contributed by atoms with Crippen molar-refractivity contribution >= 4 is 22.8 Å². The molecule has 2 atom stereocenters. The van der Waals surface area contributed by atoms with Crippen LogP contribution in [0.3, 0.4) is 0 Å². The molecule has 2 aromatic heterocycles. The summed E-state index contributed by atoms with van der Waals surface area (Å²) in [6.07, 6.45) is 7.23. The molecule has 1 aliphatic carbocycles. The Hall–Kier alpha value is -1.09. The first-order valence-electron chi connectivity index (χ1n) is 7.15. The van der Waals surface area contributed by atoms with Crippen LogP contribution in [0.25, 0.3) is 11.2 Å². The first kappa shape index (κ1) is 12.9. The van der Waals surface area contributed by atoms with Crippen molar-refractivity contribution in [2.45, 2.75) is 45.0 Å². The maximum Gasteiger partial charge on any atom is 0.160 e. The van der Waals surface area contributed by atoms with E-state index < -0.39 is 0 Å². The van der Waals surface area contributed by atoms with Crippen LogP contribution in [0.2, 0.25) is 0 Å². The highest BCUT2D eigenvalue weighted by molar-refractivity contribution is 6.16. The van der Waals surface area contributed by atoms with Gasteiger partial charge in [-0.2, -0.15) is 0 Å². The molecule has 1 saturated carbocycles. The van der Waals surface area contributed by atoms with Crippen LogP contribution in [0, 0.1) is 11.8 Å². The largest absolute Gasteiger partial charge is 0.311 e. The summed E-state index contributed by atoms with van der Waals surface area (Å²) >= 11 is 6.05. The van der Waals surface area contributed by atoms with Crippen molar-refractivity contribution in [2.24, 2.45) is 11.8 Å². The molecule has 0 spiro atoms. The number of rotatable bonds is 3. The second-order valence-electron chi connectivity index (χ2n) is 5.64. The lowest BCUT2D eigenvalue weighted by molar-refractivity contribution is 0.229. The summed E-state index contributed by atoms with van der Waals surface area (Å²) in [7, 11) is 0. The molecule has 2 unspecified atom stereocenters. The number of pyridine rings is 1. The number of fused-ring (bicyclic) bond motifs is 1. The predicted molar refractivity (Wildman–Crippen MR) is 78.2 cm³/mol. The average Bonchev–Trinajstić information content (AvgIpc) is 2.79. The van der Waals surface area contributed by atoms with Gasteiger partial charge in [-0.3, -0.25) is 0 Å². The van der Waals surface area contributed by atoms with E-state index in [9.17, 15) is 0 Å². The van der Waals surface area contributed by atoms with Crippen molar-refractivity contribution in [3.05, 3.63) is 24.2 Å². The molecule has 0 bridgehead atoms. The standard InChI is InChI=1S/C15H20ClN3/c1-11-5-2-3-6-12(11)10-19-14(9-16)18-13-7-4-8-17-15(13)19/h4,7-8,11-12H,2-3,5-6,9-10H2,1H3. The molecule has 0 aliphatic heterocycles. The molecule has 2 heterocycles. The minimum atomic E-state index is 0.456. The van der Waals surface area contributed by atoms with E-state index in [1.165, 1.54) is 25.7 Å². The Bertz CT molecular complexity index is 564. The molecule has 0 aromatic carbocycles. The van der Waals surface area contributed by atoms with Gasteiger partial charge in [0.2, 0.25) is 0 Å². The summed E-state index contributed by atoms with van der Waals surface area (Å²) in [5, 5.41) is 0. The molecule has 102 valence electrons. The molecular formula is C15H20ClN3. The van der Waals surface area contributed by atoms with Crippen LogP contribution >= 0.6 is 11.6 Å². The zero-order valence-electron chi connectivity index (χ0n) is 11.3. The highest BCUT2D eigenvalue weighted by Gasteiger charge is 2.23. The molecule has 0 N–H and O–H groups in total. The van der Waals surface area contributed by atoms with E-state index >= 15 is 0 Å². The maximum absolute atomic E-state index is 6.05. The number of alkyl halides is 1. The molecule has 2 aromatic rings. The monoisotopic (exact) mass is 277 g/mol. The molecule has 1 fully saturated rings. The number of halogens is 1. The van der Waals surface area contributed by atoms with Crippen LogP contribution in [0.1, 0.15) is 38.4 Å². The Balaban J connectivity index is 1.94. The van der Waals surface area contributed by atoms with E-state index in [1.807, 2.05) is 18.3 Å². The van der Waals surface area contributed by atoms with Crippen molar-refractivity contribution in [3.8, 4) is 0 Å². The van der Waals surface area contributed by atoms with E-state index in [-0.39, 0.29) is 0 Å². The third-order valence-corrected chi connectivity index (χ3v) is 4.65. The summed E-state index contributed by atoms with van der Waals surface area (Å²) < 4.78 is 2.23. The molecule has 0 amide bonds. The average molecular weight is 278 g/mol. The lowest BCUT2D eigenvalue weighted by Gasteiger charge is -2.29. The smallest absolute Gasteiger partial charge is 0.160 e. The van der Waals surface area contributed by atoms with E-state index in [0.29, 0.717) is 5.88 Å². The van der Waals surface area contributed by atoms with Gasteiger partial charge in [-0.05, 0) is 30.4 Å². The lowest BCUT2D eigenvalue weighted by Crippen LogP contribution is -2.22. The van der Waals surface area contributed by atoms with E-state index in [2.05, 4.69) is 21.5 Å². The fourth-order valence-electron chi connectivity index (χ4n) is 3.20. The highest BCUT2D eigenvalue weighted by Crippen LogP contribution is 2.32. The topological polar surface area (TPSA) is 30.7 Å². The van der Waals surface area contributed by atoms with Crippen LogP contribution in [0.4, 0.5) is 0 Å². The Morgan fingerprint density at radius 2 is 2.21 bits per heavy atom. The van der Waals surface area contributed by atoms with E-state index in [4.69, 9.17) is 11.6 Å². The number of hydrogen-bond donors (Lipinski definition) is 0. The quantitative estimate of drug-likeness (QED) is 0.794. The number of aromatic nitrogens is 3. The summed E-state index contributed by atoms with van der Waals surface area (Å²) in [6.45, 7) is 3.38. The first-order chi connectivity index (χ1) is 9.29. The van der Waals surface area contributed by atoms with Crippen molar-refractivity contribution < 1.29 is 0 Å². The van der Waals surface area contributed by atoms with Crippen LogP contribution in [-0.2, 0) is 12.4 Å². The number of nitrogens with zero attached hydrogens (tertiary/aromatic N) is 3. The first-order valence-corrected chi connectivity index (χ1v) is 7.69. The molecular weight excluding hydrogens is 258 g/mol. The van der Waals surface area contributed by atoms with Gasteiger partial charge in [0.15, 0.2) is 5.65 Å². The fraction of sp³-hybridized carbons (Fsp3) is 0.600. The maximum atomic E-state index is 6.05. The Labute approximate surface area is 119 Å². The molecule has 3 nitrogen and oxygen atoms in total. The summed E-state index contributed by atoms with van der Waals surface area (Å²) in [4.78, 5) is 9.07. The van der Waals surface area contributed by atoms with Gasteiger partial charge < -0.3 is 4.57 Å². The third kappa shape index (κ3) is 2.48. The van der Waals surface area contributed by atoms with Gasteiger partial charge >= 0.3 is 0 Å². The van der Waals surface area contributed by atoms with Crippen molar-refractivity contribution in [1.82, 2.24) is 14.5 Å². The van der Waals surface area contributed by atoms with Gasteiger partial charge in [0.1, 0.15) is 11.3 Å². The van der Waals surface area contributed by atoms with Crippen LogP contribution in [0.5, 0.6) is 0 Å². The summed E-state index contributed by atoms with van der Waals surface area (Å²) in [5.74, 6) is 2.93. The summed E-state index contributed by atoms with van der Waals surface area (Å²) in [5.41, 5.74) is 1.94. The van der Waals surface area contributed by atoms with E-state index in [1.54, 1.807) is 0 Å². The van der Waals surface area contributed by atoms with Gasteiger partial charge in [-0.1, -0.05) is 26.2 Å². The van der Waals surface area contributed by atoms with Crippen molar-refractivity contribution in [3.63, 3.8) is 0 Å². The van der Waals surface area contributed by atoms with Crippen LogP contribution in [0.15, 0.2) is 18.3 Å². The van der Waals surface area contributed by atoms with Gasteiger partial charge in [0, 0.05) is 12.7 Å². The van der Waals surface area contributed by atoms with Gasteiger partial charge in [-0.15, -0.1) is 11.6 Å². The van der Waals surface area contributed by atoms with Gasteiger partial charge in [0.05, 0.1) is 5.88 Å². The lowest BCUT2D eigenvalue weighted by atomic mass is 9.80. The molecule has 3 rings (SSSR count). The van der Waals surface area contributed by atoms with E-state index in [0.717, 1.165) is 35.4 Å². The molecule has 19 heavy (non-hydrogen) atoms. The minimum absolute atomic E-state index is 0.456. The molecule has 0 radical (unpaired) electrons. The van der Waals surface area contributed by atoms with Gasteiger partial charge in [-0.25, -0.2) is 9.97 Å². The fourth-order valence-corrected chi connectivity index (χ4v) is 3.40. The SMILES string of the molecule is CC1CCCCC1Cn1c(CCl)nc2cccnc21. The Morgan fingerprint density at radius 1 is 1.37 bits per heavy atom. The zero-order chi connectivity index (χ0) is 13.2. The van der Waals surface area contributed by atoms with Crippen molar-refractivity contribution in [1.29, 1.82) is 0 Å². The predicted octanol–water partition coefficient (Wildman–Crippen LogP) is 4.00. The second-order valence-corrected chi connectivity index (χ2v) is 5.91. The van der Waals surface area contributed by atoms with Crippen molar-refractivity contribution in [2.75, 3.05) is 0 Å². The Morgan fingerprint density at radius 3 is 3.00 bits per heavy atom. The van der Waals surface area contributed by atoms with Crippen LogP contribution in [-0.4, -0.2) is 14.5 Å². The molecule has 0 saturated heterocycles. The third-order valence-electron chi connectivity index (χ3n) is 4.41. The van der Waals surface area contributed by atoms with Gasteiger partial charge in [0.25, 0.3) is 0 Å². The minimum Gasteiger partial charge on any atom is -0.311 e. The number of imidazole rings is 1. The summed E-state index contributed by atoms with van der Waals surface area (Å²) in [6, 6.07) is 3.94. The number of hydrogen-bond acceptors (Lipinski definition) is 2. The normalized spacial score (nSPS) is 23.9. The highest BCUT2D eigenvalue weighted by atomic mass is 35.5. The molecule has 4 heteroatoms. The Kier molecular flexibility index (Phi) is 3.74. The second kappa shape index (κ2) is 5.49. The molecule has 1 aliphatic rings.